The molecular weight excluding hydrogens is 402 g/mol. The SMILES string of the molecule is CCCC[C@@H]1NC[C@H](C(=O)CN2C[C@H](C(C)=O)NC(=O)[C@@H]2CCCN=C(N)N)NC1=O. The molecule has 11 nitrogen and oxygen atoms in total. The number of nitrogens with zero attached hydrogens (tertiary/aromatic N) is 2. The van der Waals surface area contributed by atoms with Crippen LogP contribution in [0.3, 0.4) is 0 Å². The molecule has 0 radical (unpaired) electrons. The van der Waals surface area contributed by atoms with Crippen LogP contribution in [0.2, 0.25) is 0 Å². The summed E-state index contributed by atoms with van der Waals surface area (Å²) >= 11 is 0. The van der Waals surface area contributed by atoms with Crippen LogP contribution in [0.5, 0.6) is 0 Å². The molecular formula is C20H35N7O4. The van der Waals surface area contributed by atoms with E-state index in [2.05, 4.69) is 27.9 Å². The number of nitrogens with two attached hydrogens (primary N) is 2. The summed E-state index contributed by atoms with van der Waals surface area (Å²) in [6, 6.07) is -2.17. The van der Waals surface area contributed by atoms with E-state index in [9.17, 15) is 19.2 Å². The van der Waals surface area contributed by atoms with E-state index in [0.717, 1.165) is 19.3 Å². The maximum absolute atomic E-state index is 12.9. The van der Waals surface area contributed by atoms with Gasteiger partial charge >= 0.3 is 0 Å². The number of carbonyl (C=O) groups excluding carboxylic acids is 4. The third-order valence-electron chi connectivity index (χ3n) is 5.69. The summed E-state index contributed by atoms with van der Waals surface area (Å²) in [6.07, 6.45) is 3.64. The first-order valence-corrected chi connectivity index (χ1v) is 10.9. The average Bonchev–Trinajstić information content (AvgIpc) is 2.71. The third-order valence-corrected chi connectivity index (χ3v) is 5.69. The quantitative estimate of drug-likeness (QED) is 0.140. The van der Waals surface area contributed by atoms with Crippen molar-refractivity contribution in [1.29, 1.82) is 0 Å². The lowest BCUT2D eigenvalue weighted by atomic mass is 9.99. The van der Waals surface area contributed by atoms with Crippen LogP contribution in [0.1, 0.15) is 46.0 Å². The molecule has 2 rings (SSSR count). The molecule has 174 valence electrons. The highest BCUT2D eigenvalue weighted by atomic mass is 16.2. The molecule has 2 aliphatic heterocycles. The van der Waals surface area contributed by atoms with Crippen molar-refractivity contribution in [2.24, 2.45) is 16.5 Å². The molecule has 4 atom stereocenters. The molecule has 2 fully saturated rings. The molecule has 0 aliphatic carbocycles. The first kappa shape index (κ1) is 24.7. The van der Waals surface area contributed by atoms with E-state index < -0.39 is 18.1 Å². The Labute approximate surface area is 182 Å². The van der Waals surface area contributed by atoms with Crippen molar-refractivity contribution < 1.29 is 19.2 Å². The zero-order valence-electron chi connectivity index (χ0n) is 18.4. The number of amides is 2. The van der Waals surface area contributed by atoms with E-state index in [0.29, 0.717) is 25.9 Å². The predicted octanol–water partition coefficient (Wildman–Crippen LogP) is -1.99. The molecule has 0 unspecified atom stereocenters. The van der Waals surface area contributed by atoms with Gasteiger partial charge < -0.3 is 27.4 Å². The van der Waals surface area contributed by atoms with Gasteiger partial charge in [0.2, 0.25) is 11.8 Å². The van der Waals surface area contributed by atoms with Crippen LogP contribution < -0.4 is 27.4 Å². The number of piperazine rings is 2. The smallest absolute Gasteiger partial charge is 0.237 e. The second-order valence-electron chi connectivity index (χ2n) is 8.20. The van der Waals surface area contributed by atoms with E-state index in [4.69, 9.17) is 11.5 Å². The van der Waals surface area contributed by atoms with Gasteiger partial charge in [0.15, 0.2) is 17.5 Å². The number of Topliss-reactive ketones (excluding diaryl/α,β-unsaturated/α-hetero) is 2. The van der Waals surface area contributed by atoms with Crippen molar-refractivity contribution in [3.8, 4) is 0 Å². The fourth-order valence-electron chi connectivity index (χ4n) is 3.87. The lowest BCUT2D eigenvalue weighted by Gasteiger charge is -2.39. The Kier molecular flexibility index (Phi) is 9.38. The summed E-state index contributed by atoms with van der Waals surface area (Å²) in [5, 5.41) is 8.67. The van der Waals surface area contributed by atoms with Crippen molar-refractivity contribution in [3.63, 3.8) is 0 Å². The fourth-order valence-corrected chi connectivity index (χ4v) is 3.87. The Balaban J connectivity index is 2.00. The highest BCUT2D eigenvalue weighted by Gasteiger charge is 2.38. The predicted molar refractivity (Wildman–Crippen MR) is 116 cm³/mol. The van der Waals surface area contributed by atoms with Gasteiger partial charge in [0.25, 0.3) is 0 Å². The zero-order chi connectivity index (χ0) is 23.0. The first-order chi connectivity index (χ1) is 14.7. The molecule has 2 aliphatic rings. The fraction of sp³-hybridized carbons (Fsp3) is 0.750. The molecule has 0 aromatic heterocycles. The van der Waals surface area contributed by atoms with Crippen LogP contribution in [0.4, 0.5) is 0 Å². The minimum absolute atomic E-state index is 0.0189. The number of ketones is 2. The van der Waals surface area contributed by atoms with E-state index in [1.54, 1.807) is 4.90 Å². The summed E-state index contributed by atoms with van der Waals surface area (Å²) in [5.74, 6) is -0.856. The zero-order valence-corrected chi connectivity index (χ0v) is 18.4. The normalized spacial score (nSPS) is 26.6. The van der Waals surface area contributed by atoms with E-state index in [1.807, 2.05) is 0 Å². The van der Waals surface area contributed by atoms with Gasteiger partial charge in [-0.15, -0.1) is 0 Å². The van der Waals surface area contributed by atoms with Crippen molar-refractivity contribution in [2.45, 2.75) is 70.1 Å². The van der Waals surface area contributed by atoms with E-state index in [-0.39, 0.29) is 48.5 Å². The third kappa shape index (κ3) is 7.28. The van der Waals surface area contributed by atoms with Crippen LogP contribution >= 0.6 is 0 Å². The number of hydrogen-bond acceptors (Lipinski definition) is 7. The molecule has 31 heavy (non-hydrogen) atoms. The number of unbranched alkanes of at least 4 members (excludes halogenated alkanes) is 1. The summed E-state index contributed by atoms with van der Waals surface area (Å²) in [6.45, 7) is 4.40. The maximum atomic E-state index is 12.9. The maximum Gasteiger partial charge on any atom is 0.237 e. The lowest BCUT2D eigenvalue weighted by molar-refractivity contribution is -0.138. The number of rotatable bonds is 11. The van der Waals surface area contributed by atoms with E-state index in [1.165, 1.54) is 6.92 Å². The molecule has 0 saturated carbocycles. The number of carbonyl (C=O) groups is 4. The summed E-state index contributed by atoms with van der Waals surface area (Å²) in [7, 11) is 0. The lowest BCUT2D eigenvalue weighted by Crippen LogP contribution is -2.65. The Morgan fingerprint density at radius 3 is 2.42 bits per heavy atom. The molecule has 7 N–H and O–H groups in total. The van der Waals surface area contributed by atoms with Gasteiger partial charge in [-0.3, -0.25) is 29.1 Å². The van der Waals surface area contributed by atoms with Gasteiger partial charge in [-0.05, 0) is 26.2 Å². The first-order valence-electron chi connectivity index (χ1n) is 10.9. The number of aliphatic imine (C=N–C) groups is 1. The highest BCUT2D eigenvalue weighted by Crippen LogP contribution is 2.15. The molecule has 2 amide bonds. The van der Waals surface area contributed by atoms with Crippen molar-refractivity contribution in [3.05, 3.63) is 0 Å². The second kappa shape index (κ2) is 11.8. The van der Waals surface area contributed by atoms with Crippen LogP contribution in [0.15, 0.2) is 4.99 Å². The molecule has 0 spiro atoms. The molecule has 2 saturated heterocycles. The Hall–Kier alpha value is -2.53. The van der Waals surface area contributed by atoms with Crippen molar-refractivity contribution in [1.82, 2.24) is 20.9 Å². The van der Waals surface area contributed by atoms with Gasteiger partial charge in [0, 0.05) is 19.6 Å². The molecule has 0 aromatic carbocycles. The van der Waals surface area contributed by atoms with Crippen LogP contribution in [-0.4, -0.2) is 84.6 Å². The monoisotopic (exact) mass is 437 g/mol. The van der Waals surface area contributed by atoms with Crippen LogP contribution in [-0.2, 0) is 19.2 Å². The Bertz CT molecular complexity index is 708. The minimum atomic E-state index is -0.660. The number of hydrogen-bond donors (Lipinski definition) is 5. The van der Waals surface area contributed by atoms with Gasteiger partial charge in [0.05, 0.1) is 24.7 Å². The highest BCUT2D eigenvalue weighted by molar-refractivity contribution is 5.95. The summed E-state index contributed by atoms with van der Waals surface area (Å²) in [5.41, 5.74) is 10.7. The molecule has 0 aromatic rings. The summed E-state index contributed by atoms with van der Waals surface area (Å²) in [4.78, 5) is 55.3. The van der Waals surface area contributed by atoms with Gasteiger partial charge in [-0.25, -0.2) is 0 Å². The van der Waals surface area contributed by atoms with Crippen molar-refractivity contribution in [2.75, 3.05) is 26.2 Å². The van der Waals surface area contributed by atoms with Crippen LogP contribution in [0.25, 0.3) is 0 Å². The molecule has 2 heterocycles. The van der Waals surface area contributed by atoms with Gasteiger partial charge in [-0.1, -0.05) is 19.8 Å². The standard InChI is InChI=1S/C20H35N7O4/c1-3-4-6-13-18(30)25-14(9-24-13)17(29)11-27-10-15(12(2)28)26-19(31)16(27)7-5-8-23-20(21)22/h13-16,24H,3-11H2,1-2H3,(H,25,30)(H,26,31)(H4,21,22,23)/t13-,14+,15+,16-/m0/s1. The Morgan fingerprint density at radius 1 is 1.10 bits per heavy atom. The largest absolute Gasteiger partial charge is 0.370 e. The Morgan fingerprint density at radius 2 is 1.81 bits per heavy atom. The molecule has 0 bridgehead atoms. The average molecular weight is 438 g/mol. The van der Waals surface area contributed by atoms with Gasteiger partial charge in [0.1, 0.15) is 6.04 Å². The number of guanidine groups is 1. The van der Waals surface area contributed by atoms with E-state index >= 15 is 0 Å². The number of nitrogens with one attached hydrogen (secondary N) is 3. The van der Waals surface area contributed by atoms with Crippen molar-refractivity contribution >= 4 is 29.3 Å². The second-order valence-corrected chi connectivity index (χ2v) is 8.20. The van der Waals surface area contributed by atoms with Gasteiger partial charge in [-0.2, -0.15) is 0 Å². The summed E-state index contributed by atoms with van der Waals surface area (Å²) < 4.78 is 0. The minimum Gasteiger partial charge on any atom is -0.370 e. The molecule has 11 heteroatoms. The topological polar surface area (TPSA) is 172 Å². The van der Waals surface area contributed by atoms with Crippen LogP contribution in [0, 0.1) is 0 Å².